The van der Waals surface area contributed by atoms with Crippen LogP contribution in [0.5, 0.6) is 5.75 Å². The van der Waals surface area contributed by atoms with E-state index < -0.39 is 24.0 Å². The lowest BCUT2D eigenvalue weighted by atomic mass is 9.93. The van der Waals surface area contributed by atoms with Crippen LogP contribution < -0.4 is 4.74 Å². The van der Waals surface area contributed by atoms with Gasteiger partial charge in [0.25, 0.3) is 5.91 Å². The van der Waals surface area contributed by atoms with Crippen LogP contribution in [0, 0.1) is 5.92 Å². The van der Waals surface area contributed by atoms with E-state index in [2.05, 4.69) is 0 Å². The fourth-order valence-corrected chi connectivity index (χ4v) is 3.92. The van der Waals surface area contributed by atoms with Gasteiger partial charge in [-0.25, -0.2) is 0 Å². The number of amides is 2. The Morgan fingerprint density at radius 3 is 2.58 bits per heavy atom. The van der Waals surface area contributed by atoms with Crippen molar-refractivity contribution < 1.29 is 32.6 Å². The van der Waals surface area contributed by atoms with Gasteiger partial charge < -0.3 is 19.6 Å². The molecule has 1 aliphatic heterocycles. The summed E-state index contributed by atoms with van der Waals surface area (Å²) in [7, 11) is 0. The van der Waals surface area contributed by atoms with Crippen LogP contribution in [0.4, 0.5) is 13.2 Å². The monoisotopic (exact) mass is 438 g/mol. The van der Waals surface area contributed by atoms with Gasteiger partial charge in [-0.3, -0.25) is 9.59 Å². The second kappa shape index (κ2) is 9.55. The molecule has 1 aromatic rings. The fraction of sp³-hybridized carbons (Fsp3) is 0.455. The zero-order valence-corrected chi connectivity index (χ0v) is 17.1. The van der Waals surface area contributed by atoms with E-state index in [1.54, 1.807) is 24.3 Å². The lowest BCUT2D eigenvalue weighted by molar-refractivity contribution is -0.170. The Labute approximate surface area is 178 Å². The second-order valence-corrected chi connectivity index (χ2v) is 7.61. The third kappa shape index (κ3) is 5.46. The fourth-order valence-electron chi connectivity index (χ4n) is 3.92. The Kier molecular flexibility index (Phi) is 7.04. The van der Waals surface area contributed by atoms with Crippen LogP contribution in [0.25, 0.3) is 0 Å². The maximum absolute atomic E-state index is 13.5. The average Bonchev–Trinajstić information content (AvgIpc) is 3.21. The third-order valence-electron chi connectivity index (χ3n) is 5.49. The molecule has 1 saturated heterocycles. The number of hydrogen-bond donors (Lipinski definition) is 1. The standard InChI is InChI=1S/C22H25F3N2O4/c1-15(29)27(20-5-3-2-4-19(20)22(23,24)25)17-10-11-26(12-17)21(30)14-31-18-8-6-16(13-28)7-9-18/h2-3,5-9,17,19,28H,4,10-14H2,1H3. The highest BCUT2D eigenvalue weighted by Gasteiger charge is 2.46. The Hall–Kier alpha value is -2.81. The number of alkyl halides is 3. The van der Waals surface area contributed by atoms with Crippen LogP contribution >= 0.6 is 0 Å². The van der Waals surface area contributed by atoms with Gasteiger partial charge in [0.05, 0.1) is 18.6 Å². The number of hydrogen-bond acceptors (Lipinski definition) is 4. The molecule has 9 heteroatoms. The van der Waals surface area contributed by atoms with Gasteiger partial charge in [0, 0.05) is 25.7 Å². The van der Waals surface area contributed by atoms with Crippen LogP contribution in [0.3, 0.4) is 0 Å². The number of benzene rings is 1. The minimum absolute atomic E-state index is 0.0676. The first kappa shape index (κ1) is 22.9. The van der Waals surface area contributed by atoms with Gasteiger partial charge in [-0.05, 0) is 36.6 Å². The smallest absolute Gasteiger partial charge is 0.397 e. The van der Waals surface area contributed by atoms with Crippen LogP contribution in [0.2, 0.25) is 0 Å². The topological polar surface area (TPSA) is 70.1 Å². The summed E-state index contributed by atoms with van der Waals surface area (Å²) >= 11 is 0. The highest BCUT2D eigenvalue weighted by atomic mass is 19.4. The van der Waals surface area contributed by atoms with E-state index >= 15 is 0 Å². The number of halogens is 3. The molecule has 0 aromatic heterocycles. The van der Waals surface area contributed by atoms with Crippen molar-refractivity contribution in [3.05, 3.63) is 53.8 Å². The Morgan fingerprint density at radius 1 is 1.26 bits per heavy atom. The molecular formula is C22H25F3N2O4. The summed E-state index contributed by atoms with van der Waals surface area (Å²) < 4.78 is 46.0. The molecule has 6 nitrogen and oxygen atoms in total. The largest absolute Gasteiger partial charge is 0.484 e. The maximum Gasteiger partial charge on any atom is 0.397 e. The van der Waals surface area contributed by atoms with Crippen molar-refractivity contribution in [1.29, 1.82) is 0 Å². The van der Waals surface area contributed by atoms with Crippen molar-refractivity contribution >= 4 is 11.8 Å². The molecule has 0 bridgehead atoms. The minimum Gasteiger partial charge on any atom is -0.484 e. The summed E-state index contributed by atoms with van der Waals surface area (Å²) in [4.78, 5) is 27.5. The summed E-state index contributed by atoms with van der Waals surface area (Å²) in [6.07, 6.45) is 0.0280. The molecule has 0 saturated carbocycles. The number of allylic oxidation sites excluding steroid dienone is 4. The SMILES string of the molecule is CC(=O)N(C1=CC=CCC1C(F)(F)F)C1CCN(C(=O)COc2ccc(CO)cc2)C1. The summed E-state index contributed by atoms with van der Waals surface area (Å²) in [5.41, 5.74) is 0.649. The van der Waals surface area contributed by atoms with Crippen LogP contribution in [0.15, 0.2) is 48.2 Å². The zero-order chi connectivity index (χ0) is 22.6. The number of aliphatic hydroxyl groups is 1. The first-order chi connectivity index (χ1) is 14.7. The molecule has 1 aliphatic carbocycles. The number of carbonyl (C=O) groups is 2. The molecule has 1 N–H and O–H groups in total. The predicted octanol–water partition coefficient (Wildman–Crippen LogP) is 3.03. The van der Waals surface area contributed by atoms with Gasteiger partial charge >= 0.3 is 6.18 Å². The molecular weight excluding hydrogens is 413 g/mol. The lowest BCUT2D eigenvalue weighted by Gasteiger charge is -2.36. The lowest BCUT2D eigenvalue weighted by Crippen LogP contribution is -2.45. The zero-order valence-electron chi connectivity index (χ0n) is 17.1. The molecule has 2 unspecified atom stereocenters. The van der Waals surface area contributed by atoms with Gasteiger partial charge in [-0.2, -0.15) is 13.2 Å². The van der Waals surface area contributed by atoms with Crippen molar-refractivity contribution in [2.24, 2.45) is 5.92 Å². The third-order valence-corrected chi connectivity index (χ3v) is 5.49. The van der Waals surface area contributed by atoms with Crippen molar-refractivity contribution in [2.45, 2.75) is 38.6 Å². The van der Waals surface area contributed by atoms with Gasteiger partial charge in [0.2, 0.25) is 5.91 Å². The van der Waals surface area contributed by atoms with Gasteiger partial charge in [-0.1, -0.05) is 24.3 Å². The molecule has 0 spiro atoms. The quantitative estimate of drug-likeness (QED) is 0.741. The van der Waals surface area contributed by atoms with Crippen molar-refractivity contribution in [1.82, 2.24) is 9.80 Å². The Bertz CT molecular complexity index is 865. The first-order valence-electron chi connectivity index (χ1n) is 10.0. The van der Waals surface area contributed by atoms with E-state index in [4.69, 9.17) is 9.84 Å². The number of aliphatic hydroxyl groups excluding tert-OH is 1. The van der Waals surface area contributed by atoms with E-state index in [9.17, 15) is 22.8 Å². The highest BCUT2D eigenvalue weighted by Crippen LogP contribution is 2.39. The summed E-state index contributed by atoms with van der Waals surface area (Å²) in [5, 5.41) is 9.05. The predicted molar refractivity (Wildman–Crippen MR) is 107 cm³/mol. The molecule has 1 fully saturated rings. The second-order valence-electron chi connectivity index (χ2n) is 7.61. The molecule has 31 heavy (non-hydrogen) atoms. The molecule has 0 radical (unpaired) electrons. The highest BCUT2D eigenvalue weighted by molar-refractivity contribution is 5.79. The number of likely N-dealkylation sites (tertiary alicyclic amines) is 1. The number of ether oxygens (including phenoxy) is 1. The van der Waals surface area contributed by atoms with Crippen molar-refractivity contribution in [3.8, 4) is 5.75 Å². The van der Waals surface area contributed by atoms with Gasteiger partial charge in [-0.15, -0.1) is 0 Å². The van der Waals surface area contributed by atoms with E-state index in [-0.39, 0.29) is 37.8 Å². The number of rotatable bonds is 6. The van der Waals surface area contributed by atoms with E-state index in [0.29, 0.717) is 18.7 Å². The van der Waals surface area contributed by atoms with Gasteiger partial charge in [0.15, 0.2) is 6.61 Å². The summed E-state index contributed by atoms with van der Waals surface area (Å²) in [6, 6.07) is 6.12. The Morgan fingerprint density at radius 2 is 1.97 bits per heavy atom. The van der Waals surface area contributed by atoms with Crippen molar-refractivity contribution in [3.63, 3.8) is 0 Å². The minimum atomic E-state index is -4.46. The molecule has 2 atom stereocenters. The summed E-state index contributed by atoms with van der Waals surface area (Å²) in [5.74, 6) is -2.05. The molecule has 2 aliphatic rings. The van der Waals surface area contributed by atoms with Gasteiger partial charge in [0.1, 0.15) is 5.75 Å². The Balaban J connectivity index is 1.64. The summed E-state index contributed by atoms with van der Waals surface area (Å²) in [6.45, 7) is 1.41. The van der Waals surface area contributed by atoms with Crippen LogP contribution in [0.1, 0.15) is 25.3 Å². The molecule has 3 rings (SSSR count). The molecule has 168 valence electrons. The maximum atomic E-state index is 13.5. The van der Waals surface area contributed by atoms with Crippen LogP contribution in [-0.4, -0.2) is 58.6 Å². The van der Waals surface area contributed by atoms with Crippen molar-refractivity contribution in [2.75, 3.05) is 19.7 Å². The average molecular weight is 438 g/mol. The molecule has 2 amide bonds. The molecule has 1 heterocycles. The molecule has 1 aromatic carbocycles. The number of nitrogens with zero attached hydrogens (tertiary/aromatic N) is 2. The van der Waals surface area contributed by atoms with E-state index in [0.717, 1.165) is 5.56 Å². The number of carbonyl (C=O) groups excluding carboxylic acids is 2. The normalized spacial score (nSPS) is 21.1. The van der Waals surface area contributed by atoms with Crippen LogP contribution in [-0.2, 0) is 16.2 Å². The van der Waals surface area contributed by atoms with E-state index in [1.807, 2.05) is 0 Å². The van der Waals surface area contributed by atoms with E-state index in [1.165, 1.54) is 35.0 Å². The first-order valence-corrected chi connectivity index (χ1v) is 10.0.